The lowest BCUT2D eigenvalue weighted by Crippen LogP contribution is -2.53. The van der Waals surface area contributed by atoms with Crippen LogP contribution in [0.1, 0.15) is 76.3 Å². The summed E-state index contributed by atoms with van der Waals surface area (Å²) in [5, 5.41) is 4.08. The number of hydrogen-bond donors (Lipinski definition) is 1. The average Bonchev–Trinajstić information content (AvgIpc) is 3.59. The molecule has 2 amide bonds. The van der Waals surface area contributed by atoms with Crippen molar-refractivity contribution in [2.24, 2.45) is 11.8 Å². The number of nitrogens with zero attached hydrogens (tertiary/aromatic N) is 4. The van der Waals surface area contributed by atoms with Crippen molar-refractivity contribution in [2.45, 2.75) is 77.3 Å². The smallest absolute Gasteiger partial charge is 0.246 e. The van der Waals surface area contributed by atoms with Gasteiger partial charge >= 0.3 is 0 Å². The average molecular weight is 506 g/mol. The summed E-state index contributed by atoms with van der Waals surface area (Å²) < 4.78 is 0. The minimum Gasteiger partial charge on any atom is -0.344 e. The number of nitrogens with one attached hydrogen (secondary N) is 1. The molecular formula is C28H35N5O2S. The van der Waals surface area contributed by atoms with Gasteiger partial charge in [-0.1, -0.05) is 74.8 Å². The first-order valence-corrected chi connectivity index (χ1v) is 14.2. The van der Waals surface area contributed by atoms with Crippen molar-refractivity contribution in [2.75, 3.05) is 6.54 Å². The molecule has 0 radical (unpaired) electrons. The summed E-state index contributed by atoms with van der Waals surface area (Å²) in [6.45, 7) is 4.64. The molecule has 1 aliphatic carbocycles. The fraction of sp³-hybridized carbons (Fsp3) is 0.536. The first-order chi connectivity index (χ1) is 17.6. The zero-order valence-corrected chi connectivity index (χ0v) is 22.0. The van der Waals surface area contributed by atoms with E-state index in [0.29, 0.717) is 6.54 Å². The Morgan fingerprint density at radius 1 is 1.08 bits per heavy atom. The molecule has 0 bridgehead atoms. The second-order valence-corrected chi connectivity index (χ2v) is 11.2. The van der Waals surface area contributed by atoms with Crippen LogP contribution in [0.4, 0.5) is 0 Å². The highest BCUT2D eigenvalue weighted by atomic mass is 32.1. The Balaban J connectivity index is 1.44. The van der Waals surface area contributed by atoms with Gasteiger partial charge in [-0.25, -0.2) is 15.0 Å². The van der Waals surface area contributed by atoms with E-state index in [2.05, 4.69) is 15.3 Å². The van der Waals surface area contributed by atoms with Crippen LogP contribution in [0.3, 0.4) is 0 Å². The molecule has 1 N–H and O–H groups in total. The number of carbonyl (C=O) groups excluding carboxylic acids is 2. The van der Waals surface area contributed by atoms with Gasteiger partial charge < -0.3 is 10.2 Å². The number of benzene rings is 1. The molecule has 1 saturated carbocycles. The third kappa shape index (κ3) is 5.01. The zero-order valence-electron chi connectivity index (χ0n) is 21.2. The fourth-order valence-corrected chi connectivity index (χ4v) is 6.57. The van der Waals surface area contributed by atoms with Gasteiger partial charge in [-0.2, -0.15) is 0 Å². The summed E-state index contributed by atoms with van der Waals surface area (Å²) in [5.74, 6) is 0.138. The summed E-state index contributed by atoms with van der Waals surface area (Å²) in [4.78, 5) is 43.7. The van der Waals surface area contributed by atoms with Crippen molar-refractivity contribution >= 4 is 33.5 Å². The number of rotatable bonds is 7. The van der Waals surface area contributed by atoms with E-state index in [1.807, 2.05) is 49.1 Å². The summed E-state index contributed by atoms with van der Waals surface area (Å²) in [5.41, 5.74) is 2.61. The number of fused-ring (bicyclic) bond motifs is 1. The minimum atomic E-state index is -0.457. The van der Waals surface area contributed by atoms with Crippen molar-refractivity contribution in [1.82, 2.24) is 25.2 Å². The van der Waals surface area contributed by atoms with Gasteiger partial charge in [0.25, 0.3) is 0 Å². The van der Waals surface area contributed by atoms with Gasteiger partial charge in [0.05, 0.1) is 6.04 Å². The van der Waals surface area contributed by atoms with Crippen LogP contribution in [0.15, 0.2) is 36.7 Å². The van der Waals surface area contributed by atoms with Crippen LogP contribution >= 0.6 is 11.3 Å². The molecule has 1 aromatic carbocycles. The van der Waals surface area contributed by atoms with E-state index >= 15 is 0 Å². The molecule has 5 rings (SSSR count). The number of likely N-dealkylation sites (tertiary alicyclic amines) is 1. The predicted molar refractivity (Wildman–Crippen MR) is 142 cm³/mol. The normalized spacial score (nSPS) is 20.4. The Morgan fingerprint density at radius 3 is 2.61 bits per heavy atom. The number of aromatic nitrogens is 3. The lowest BCUT2D eigenvalue weighted by atomic mass is 9.83. The molecule has 1 aliphatic heterocycles. The molecule has 190 valence electrons. The van der Waals surface area contributed by atoms with Crippen LogP contribution < -0.4 is 5.32 Å². The second-order valence-electron chi connectivity index (χ2n) is 10.2. The van der Waals surface area contributed by atoms with Crippen molar-refractivity contribution in [1.29, 1.82) is 0 Å². The molecule has 2 aromatic heterocycles. The summed E-state index contributed by atoms with van der Waals surface area (Å²) in [7, 11) is 0. The first-order valence-electron chi connectivity index (χ1n) is 13.3. The Bertz CT molecular complexity index is 1210. The molecule has 0 unspecified atom stereocenters. The zero-order chi connectivity index (χ0) is 25.1. The molecule has 1 saturated heterocycles. The molecule has 0 spiro atoms. The maximum Gasteiger partial charge on any atom is 0.246 e. The van der Waals surface area contributed by atoms with E-state index in [0.717, 1.165) is 71.6 Å². The largest absolute Gasteiger partial charge is 0.344 e. The van der Waals surface area contributed by atoms with Crippen LogP contribution in [0, 0.1) is 11.8 Å². The van der Waals surface area contributed by atoms with Crippen molar-refractivity contribution in [3.8, 4) is 11.3 Å². The fourth-order valence-electron chi connectivity index (χ4n) is 5.52. The molecule has 7 nitrogen and oxygen atoms in total. The maximum atomic E-state index is 14.0. The topological polar surface area (TPSA) is 88.1 Å². The van der Waals surface area contributed by atoms with Crippen molar-refractivity contribution < 1.29 is 9.59 Å². The molecular weight excluding hydrogens is 470 g/mol. The summed E-state index contributed by atoms with van der Waals surface area (Å²) in [6.07, 6.45) is 9.59. The molecule has 2 aliphatic rings. The Kier molecular flexibility index (Phi) is 7.60. The maximum absolute atomic E-state index is 14.0. The van der Waals surface area contributed by atoms with Gasteiger partial charge in [0.15, 0.2) is 0 Å². The molecule has 3 atom stereocenters. The molecule has 2 fully saturated rings. The van der Waals surface area contributed by atoms with E-state index in [1.165, 1.54) is 6.42 Å². The molecule has 36 heavy (non-hydrogen) atoms. The third-order valence-corrected chi connectivity index (χ3v) is 8.89. The number of carbonyl (C=O) groups is 2. The molecule has 3 heterocycles. The number of thiazole rings is 1. The molecule has 8 heteroatoms. The third-order valence-electron chi connectivity index (χ3n) is 7.83. The van der Waals surface area contributed by atoms with Gasteiger partial charge in [0.1, 0.15) is 33.4 Å². The van der Waals surface area contributed by atoms with Crippen molar-refractivity contribution in [3.05, 3.63) is 41.7 Å². The highest BCUT2D eigenvalue weighted by Crippen LogP contribution is 2.39. The van der Waals surface area contributed by atoms with Gasteiger partial charge in [0.2, 0.25) is 11.8 Å². The Morgan fingerprint density at radius 2 is 1.86 bits per heavy atom. The quantitative estimate of drug-likeness (QED) is 0.456. The Hall–Kier alpha value is -2.87. The summed E-state index contributed by atoms with van der Waals surface area (Å²) >= 11 is 1.55. The monoisotopic (exact) mass is 505 g/mol. The lowest BCUT2D eigenvalue weighted by Gasteiger charge is -2.35. The van der Waals surface area contributed by atoms with Gasteiger partial charge in [-0.15, -0.1) is 0 Å². The van der Waals surface area contributed by atoms with E-state index in [4.69, 9.17) is 4.98 Å². The second kappa shape index (κ2) is 11.0. The van der Waals surface area contributed by atoms with Crippen LogP contribution in [0.25, 0.3) is 21.6 Å². The first kappa shape index (κ1) is 24.8. The van der Waals surface area contributed by atoms with Crippen LogP contribution in [-0.2, 0) is 9.59 Å². The lowest BCUT2D eigenvalue weighted by molar-refractivity contribution is -0.140. The van der Waals surface area contributed by atoms with E-state index in [1.54, 1.807) is 17.7 Å². The van der Waals surface area contributed by atoms with Gasteiger partial charge in [-0.05, 0) is 38.0 Å². The number of amides is 2. The van der Waals surface area contributed by atoms with Crippen LogP contribution in [0.2, 0.25) is 0 Å². The van der Waals surface area contributed by atoms with E-state index < -0.39 is 6.04 Å². The van der Waals surface area contributed by atoms with Crippen LogP contribution in [-0.4, -0.2) is 44.3 Å². The SMILES string of the molecule is CC[C@@H](C)C(=O)N[C@H](C(=O)N1CCC[C@H]1c1nc2c(-c3ccccc3)ncnc2s1)C1CCCCC1. The Labute approximate surface area is 216 Å². The van der Waals surface area contributed by atoms with E-state index in [9.17, 15) is 9.59 Å². The number of hydrogen-bond acceptors (Lipinski definition) is 6. The van der Waals surface area contributed by atoms with Gasteiger partial charge in [0, 0.05) is 18.0 Å². The van der Waals surface area contributed by atoms with Gasteiger partial charge in [-0.3, -0.25) is 9.59 Å². The van der Waals surface area contributed by atoms with Crippen LogP contribution in [0.5, 0.6) is 0 Å². The van der Waals surface area contributed by atoms with Crippen molar-refractivity contribution in [3.63, 3.8) is 0 Å². The predicted octanol–water partition coefficient (Wildman–Crippen LogP) is 5.53. The highest BCUT2D eigenvalue weighted by Gasteiger charge is 2.40. The molecule has 3 aromatic rings. The van der Waals surface area contributed by atoms with E-state index in [-0.39, 0.29) is 29.7 Å². The minimum absolute atomic E-state index is 0.0139. The highest BCUT2D eigenvalue weighted by molar-refractivity contribution is 7.18. The summed E-state index contributed by atoms with van der Waals surface area (Å²) in [6, 6.07) is 9.48. The standard InChI is InChI=1S/C28H35N5O2S/c1-3-18(2)25(34)31-23(20-13-8-5-9-14-20)28(35)33-16-10-15-21(33)26-32-24-22(19-11-6-4-7-12-19)29-17-30-27(24)36-26/h4,6-7,11-12,17-18,20-21,23H,3,5,8-10,13-16H2,1-2H3,(H,31,34)/t18-,21+,23+/m1/s1.